The van der Waals surface area contributed by atoms with Gasteiger partial charge < -0.3 is 26.2 Å². The van der Waals surface area contributed by atoms with Gasteiger partial charge in [-0.25, -0.2) is 4.57 Å². The average molecular weight is 647 g/mol. The van der Waals surface area contributed by atoms with Crippen molar-refractivity contribution in [1.29, 1.82) is 0 Å². The number of unbranched alkanes of at least 4 members (excludes halogenated alkanes) is 14. The van der Waals surface area contributed by atoms with E-state index in [0.29, 0.717) is 12.8 Å². The summed E-state index contributed by atoms with van der Waals surface area (Å²) in [6.07, 6.45) is 28.1. The predicted octanol–water partition coefficient (Wildman–Crippen LogP) is 7.63. The van der Waals surface area contributed by atoms with Gasteiger partial charge in [0.2, 0.25) is 5.91 Å². The minimum absolute atomic E-state index is 0.0571. The van der Waals surface area contributed by atoms with E-state index in [0.717, 1.165) is 70.6 Å². The van der Waals surface area contributed by atoms with E-state index < -0.39 is 32.0 Å². The van der Waals surface area contributed by atoms with Crippen LogP contribution in [0.4, 0.5) is 0 Å². The molecule has 44 heavy (non-hydrogen) atoms. The molecule has 0 aromatic carbocycles. The van der Waals surface area contributed by atoms with Gasteiger partial charge in [0.25, 0.3) is 0 Å². The van der Waals surface area contributed by atoms with Gasteiger partial charge in [-0.1, -0.05) is 122 Å². The SMILES string of the molecule is CCCCC/C=C\C/C=C\CCCCCCCC(O)CC(=O)NC(COP(=O)(O)OCCN)C(O)CCCCCCCCC. The fraction of sp³-hybridized carbons (Fsp3) is 0.853. The largest absolute Gasteiger partial charge is 0.472 e. The summed E-state index contributed by atoms with van der Waals surface area (Å²) in [6, 6.07) is -0.896. The van der Waals surface area contributed by atoms with E-state index in [2.05, 4.69) is 43.5 Å². The summed E-state index contributed by atoms with van der Waals surface area (Å²) in [5, 5.41) is 23.9. The molecule has 0 bridgehead atoms. The molecule has 6 N–H and O–H groups in total. The maximum Gasteiger partial charge on any atom is 0.472 e. The number of nitrogens with two attached hydrogens (primary N) is 1. The summed E-state index contributed by atoms with van der Waals surface area (Å²) in [5.74, 6) is -0.428. The van der Waals surface area contributed by atoms with Crippen LogP contribution in [0.2, 0.25) is 0 Å². The van der Waals surface area contributed by atoms with Gasteiger partial charge in [-0.05, 0) is 44.9 Å². The number of phosphoric acid groups is 1. The Morgan fingerprint density at radius 2 is 1.30 bits per heavy atom. The van der Waals surface area contributed by atoms with Crippen LogP contribution in [-0.4, -0.2) is 59.0 Å². The number of amides is 1. The lowest BCUT2D eigenvalue weighted by Gasteiger charge is -2.25. The monoisotopic (exact) mass is 646 g/mol. The van der Waals surface area contributed by atoms with Crippen molar-refractivity contribution in [3.63, 3.8) is 0 Å². The van der Waals surface area contributed by atoms with Crippen LogP contribution in [0.5, 0.6) is 0 Å². The Balaban J connectivity index is 4.34. The van der Waals surface area contributed by atoms with E-state index in [4.69, 9.17) is 14.8 Å². The first kappa shape index (κ1) is 42.9. The molecular formula is C34H67N2O7P. The van der Waals surface area contributed by atoms with Gasteiger partial charge in [0.05, 0.1) is 37.9 Å². The molecule has 9 nitrogen and oxygen atoms in total. The smallest absolute Gasteiger partial charge is 0.393 e. The van der Waals surface area contributed by atoms with Crippen LogP contribution >= 0.6 is 7.82 Å². The van der Waals surface area contributed by atoms with Gasteiger partial charge in [0.15, 0.2) is 0 Å². The molecule has 0 rings (SSSR count). The zero-order valence-electron chi connectivity index (χ0n) is 28.0. The van der Waals surface area contributed by atoms with Crippen molar-refractivity contribution in [2.75, 3.05) is 19.8 Å². The summed E-state index contributed by atoms with van der Waals surface area (Å²) < 4.78 is 21.9. The Labute approximate surface area is 269 Å². The topological polar surface area (TPSA) is 151 Å². The molecule has 0 heterocycles. The minimum Gasteiger partial charge on any atom is -0.393 e. The van der Waals surface area contributed by atoms with E-state index in [1.165, 1.54) is 44.9 Å². The van der Waals surface area contributed by atoms with Gasteiger partial charge in [-0.15, -0.1) is 0 Å². The molecule has 0 aliphatic heterocycles. The van der Waals surface area contributed by atoms with E-state index in [9.17, 15) is 24.5 Å². The van der Waals surface area contributed by atoms with Crippen LogP contribution in [0.1, 0.15) is 149 Å². The Bertz CT molecular complexity index is 766. The normalized spacial score (nSPS) is 15.5. The first-order valence-electron chi connectivity index (χ1n) is 17.5. The van der Waals surface area contributed by atoms with Crippen LogP contribution in [0.25, 0.3) is 0 Å². The highest BCUT2D eigenvalue weighted by molar-refractivity contribution is 7.47. The van der Waals surface area contributed by atoms with Gasteiger partial charge >= 0.3 is 7.82 Å². The third-order valence-corrected chi connectivity index (χ3v) is 8.60. The molecule has 1 amide bonds. The van der Waals surface area contributed by atoms with E-state index in [1.54, 1.807) is 0 Å². The van der Waals surface area contributed by atoms with Crippen molar-refractivity contribution in [3.05, 3.63) is 24.3 Å². The van der Waals surface area contributed by atoms with Crippen molar-refractivity contribution in [3.8, 4) is 0 Å². The minimum atomic E-state index is -4.36. The number of aliphatic hydroxyl groups is 2. The quantitative estimate of drug-likeness (QED) is 0.0284. The summed E-state index contributed by atoms with van der Waals surface area (Å²) in [7, 11) is -4.36. The van der Waals surface area contributed by atoms with E-state index in [-0.39, 0.29) is 26.2 Å². The second-order valence-corrected chi connectivity index (χ2v) is 13.4. The molecule has 0 fully saturated rings. The molecule has 0 radical (unpaired) electrons. The molecule has 0 aliphatic carbocycles. The van der Waals surface area contributed by atoms with Crippen molar-refractivity contribution in [1.82, 2.24) is 5.32 Å². The van der Waals surface area contributed by atoms with Crippen molar-refractivity contribution >= 4 is 13.7 Å². The summed E-state index contributed by atoms with van der Waals surface area (Å²) >= 11 is 0. The maximum absolute atomic E-state index is 12.7. The van der Waals surface area contributed by atoms with Gasteiger partial charge in [0, 0.05) is 6.54 Å². The first-order valence-corrected chi connectivity index (χ1v) is 19.0. The average Bonchev–Trinajstić information content (AvgIpc) is 2.99. The Morgan fingerprint density at radius 3 is 1.91 bits per heavy atom. The van der Waals surface area contributed by atoms with Crippen LogP contribution in [-0.2, 0) is 18.4 Å². The van der Waals surface area contributed by atoms with Crippen molar-refractivity contribution in [2.24, 2.45) is 5.73 Å². The number of phosphoric ester groups is 1. The fourth-order valence-corrected chi connectivity index (χ4v) is 5.67. The van der Waals surface area contributed by atoms with Crippen LogP contribution in [0, 0.1) is 0 Å². The highest BCUT2D eigenvalue weighted by Gasteiger charge is 2.28. The summed E-state index contributed by atoms with van der Waals surface area (Å²) in [4.78, 5) is 22.5. The van der Waals surface area contributed by atoms with Gasteiger partial charge in [-0.3, -0.25) is 13.8 Å². The number of rotatable bonds is 32. The molecular weight excluding hydrogens is 579 g/mol. The first-order chi connectivity index (χ1) is 21.3. The second-order valence-electron chi connectivity index (χ2n) is 11.9. The van der Waals surface area contributed by atoms with Crippen molar-refractivity contribution in [2.45, 2.75) is 167 Å². The third kappa shape index (κ3) is 28.4. The number of nitrogens with one attached hydrogen (secondary N) is 1. The molecule has 4 atom stereocenters. The highest BCUT2D eigenvalue weighted by Crippen LogP contribution is 2.43. The third-order valence-electron chi connectivity index (χ3n) is 7.61. The van der Waals surface area contributed by atoms with Crippen LogP contribution < -0.4 is 11.1 Å². The summed E-state index contributed by atoms with van der Waals surface area (Å²) in [6.45, 7) is 3.92. The Hall–Kier alpha value is -1.06. The van der Waals surface area contributed by atoms with Gasteiger partial charge in [0.1, 0.15) is 0 Å². The van der Waals surface area contributed by atoms with Gasteiger partial charge in [-0.2, -0.15) is 0 Å². The van der Waals surface area contributed by atoms with Crippen molar-refractivity contribution < 1.29 is 33.5 Å². The molecule has 0 aliphatic rings. The molecule has 0 spiro atoms. The lowest BCUT2D eigenvalue weighted by molar-refractivity contribution is -0.125. The van der Waals surface area contributed by atoms with E-state index >= 15 is 0 Å². The number of hydrogen-bond acceptors (Lipinski definition) is 7. The number of carbonyl (C=O) groups excluding carboxylic acids is 1. The molecule has 260 valence electrons. The summed E-state index contributed by atoms with van der Waals surface area (Å²) in [5.41, 5.74) is 5.32. The standard InChI is InChI=1S/C34H67N2O7P/c1-3-5-7-9-11-12-13-14-15-16-17-18-20-21-23-25-31(37)29-34(39)36-32(30-43-44(40,41)42-28-27-35)33(38)26-24-22-19-10-8-6-4-2/h11-12,14-15,31-33,37-38H,3-10,13,16-30,35H2,1-2H3,(H,36,39)(H,40,41)/b12-11-,15-14-. The maximum atomic E-state index is 12.7. The number of allylic oxidation sites excluding steroid dienone is 4. The molecule has 0 saturated carbocycles. The molecule has 0 aromatic rings. The molecule has 0 saturated heterocycles. The highest BCUT2D eigenvalue weighted by atomic mass is 31.2. The zero-order chi connectivity index (χ0) is 32.7. The molecule has 10 heteroatoms. The lowest BCUT2D eigenvalue weighted by atomic mass is 10.0. The molecule has 0 aromatic heterocycles. The van der Waals surface area contributed by atoms with E-state index in [1.807, 2.05) is 0 Å². The number of hydrogen-bond donors (Lipinski definition) is 5. The second kappa shape index (κ2) is 30.6. The zero-order valence-corrected chi connectivity index (χ0v) is 28.9. The number of carbonyl (C=O) groups is 1. The molecule has 4 unspecified atom stereocenters. The Morgan fingerprint density at radius 1 is 0.773 bits per heavy atom. The predicted molar refractivity (Wildman–Crippen MR) is 181 cm³/mol. The van der Waals surface area contributed by atoms with Crippen LogP contribution in [0.15, 0.2) is 24.3 Å². The lowest BCUT2D eigenvalue weighted by Crippen LogP contribution is -2.47. The Kier molecular flexibility index (Phi) is 29.8. The fourth-order valence-electron chi connectivity index (χ4n) is 4.91. The van der Waals surface area contributed by atoms with Crippen LogP contribution in [0.3, 0.4) is 0 Å². The number of aliphatic hydroxyl groups excluding tert-OH is 2.